The van der Waals surface area contributed by atoms with Crippen LogP contribution in [0.5, 0.6) is 6.01 Å². The summed E-state index contributed by atoms with van der Waals surface area (Å²) in [5.74, 6) is -1.30. The van der Waals surface area contributed by atoms with Crippen molar-refractivity contribution in [3.63, 3.8) is 0 Å². The van der Waals surface area contributed by atoms with E-state index in [2.05, 4.69) is 19.9 Å². The van der Waals surface area contributed by atoms with Gasteiger partial charge in [0.1, 0.15) is 22.8 Å². The maximum atomic E-state index is 16.4. The first-order valence-corrected chi connectivity index (χ1v) is 14.0. The van der Waals surface area contributed by atoms with E-state index in [0.29, 0.717) is 36.0 Å². The molecule has 40 heavy (non-hydrogen) atoms. The van der Waals surface area contributed by atoms with E-state index in [9.17, 15) is 14.0 Å². The number of nitrogens with two attached hydrogens (primary N) is 1. The Morgan fingerprint density at radius 1 is 1.18 bits per heavy atom. The zero-order valence-corrected chi connectivity index (χ0v) is 22.3. The van der Waals surface area contributed by atoms with Crippen LogP contribution < -0.4 is 10.5 Å². The Kier molecular flexibility index (Phi) is 6.07. The summed E-state index contributed by atoms with van der Waals surface area (Å²) >= 11 is 0.930. The largest absolute Gasteiger partial charge is 0.463 e. The number of piperidine rings is 1. The van der Waals surface area contributed by atoms with Gasteiger partial charge >= 0.3 is 6.01 Å². The molecule has 0 atom stereocenters. The summed E-state index contributed by atoms with van der Waals surface area (Å²) in [6.45, 7) is 3.04. The van der Waals surface area contributed by atoms with Gasteiger partial charge < -0.3 is 20.1 Å². The van der Waals surface area contributed by atoms with Gasteiger partial charge in [0.15, 0.2) is 11.6 Å². The zero-order chi connectivity index (χ0) is 27.6. The monoisotopic (exact) mass is 566 g/mol. The lowest BCUT2D eigenvalue weighted by atomic mass is 9.94. The van der Waals surface area contributed by atoms with E-state index in [1.54, 1.807) is 6.20 Å². The molecule has 0 unspecified atom stereocenters. The Balaban J connectivity index is 1.26. The number of benzene rings is 1. The molecule has 0 radical (unpaired) electrons. The number of hydrogen-bond acceptors (Lipinski definition) is 9. The maximum Gasteiger partial charge on any atom is 0.317 e. The van der Waals surface area contributed by atoms with E-state index < -0.39 is 17.8 Å². The Morgan fingerprint density at radius 3 is 2.70 bits per heavy atom. The van der Waals surface area contributed by atoms with Gasteiger partial charge in [0.05, 0.1) is 42.0 Å². The van der Waals surface area contributed by atoms with Crippen LogP contribution in [0.2, 0.25) is 0 Å². The standard InChI is InChI=1S/C28H25F3N6O2S/c29-14-1-5-37(6-2-14)12-28(3-4-28)13-39-27-35-8-16-17-10-38-11-18(17)20(22(31)23(16)36-27)24-21-15(7-32)26(33)40-25(21)19(30)9-34-24/h8-9,14H,1-6,10-13,33H2. The lowest BCUT2D eigenvalue weighted by molar-refractivity contribution is 0.107. The highest BCUT2D eigenvalue weighted by molar-refractivity contribution is 7.23. The van der Waals surface area contributed by atoms with Crippen LogP contribution in [0.15, 0.2) is 12.4 Å². The van der Waals surface area contributed by atoms with Gasteiger partial charge in [-0.3, -0.25) is 4.98 Å². The number of fused-ring (bicyclic) bond motifs is 4. The smallest absolute Gasteiger partial charge is 0.317 e. The third-order valence-corrected chi connectivity index (χ3v) is 9.29. The number of nitriles is 1. The summed E-state index contributed by atoms with van der Waals surface area (Å²) in [7, 11) is 0. The van der Waals surface area contributed by atoms with Crippen LogP contribution in [0.25, 0.3) is 32.2 Å². The van der Waals surface area contributed by atoms with Crippen molar-refractivity contribution in [2.45, 2.75) is 45.1 Å². The van der Waals surface area contributed by atoms with Gasteiger partial charge in [0.25, 0.3) is 0 Å². The number of likely N-dealkylation sites (tertiary alicyclic amines) is 1. The maximum absolute atomic E-state index is 16.4. The van der Waals surface area contributed by atoms with Gasteiger partial charge in [-0.05, 0) is 36.8 Å². The first kappa shape index (κ1) is 25.4. The molecule has 2 fully saturated rings. The summed E-state index contributed by atoms with van der Waals surface area (Å²) in [4.78, 5) is 15.3. The average molecular weight is 567 g/mol. The fourth-order valence-corrected chi connectivity index (χ4v) is 6.80. The minimum atomic E-state index is -0.718. The van der Waals surface area contributed by atoms with Crippen molar-refractivity contribution in [3.05, 3.63) is 40.7 Å². The number of hydrogen-bond donors (Lipinski definition) is 1. The predicted octanol–water partition coefficient (Wildman–Crippen LogP) is 5.26. The molecule has 0 bridgehead atoms. The number of nitrogens with zero attached hydrogens (tertiary/aromatic N) is 5. The van der Waals surface area contributed by atoms with Gasteiger partial charge in [-0.1, -0.05) is 0 Å². The van der Waals surface area contributed by atoms with Crippen molar-refractivity contribution in [3.8, 4) is 23.3 Å². The van der Waals surface area contributed by atoms with E-state index in [1.807, 2.05) is 6.07 Å². The number of anilines is 1. The molecule has 4 aromatic rings. The van der Waals surface area contributed by atoms with E-state index in [1.165, 1.54) is 0 Å². The number of ether oxygens (including phenoxy) is 2. The van der Waals surface area contributed by atoms with Gasteiger partial charge in [0.2, 0.25) is 0 Å². The van der Waals surface area contributed by atoms with Crippen molar-refractivity contribution in [2.75, 3.05) is 32.0 Å². The number of aromatic nitrogens is 3. The summed E-state index contributed by atoms with van der Waals surface area (Å²) in [6, 6.07) is 2.07. The molecule has 2 aliphatic heterocycles. The Morgan fingerprint density at radius 2 is 1.95 bits per heavy atom. The quantitative estimate of drug-likeness (QED) is 0.337. The molecule has 3 aliphatic rings. The lowest BCUT2D eigenvalue weighted by Gasteiger charge is -2.31. The molecule has 3 aromatic heterocycles. The molecule has 1 saturated carbocycles. The lowest BCUT2D eigenvalue weighted by Crippen LogP contribution is -2.39. The summed E-state index contributed by atoms with van der Waals surface area (Å²) in [5, 5.41) is 10.6. The minimum Gasteiger partial charge on any atom is -0.463 e. The fourth-order valence-electron chi connectivity index (χ4n) is 5.88. The molecular weight excluding hydrogens is 541 g/mol. The predicted molar refractivity (Wildman–Crippen MR) is 143 cm³/mol. The summed E-state index contributed by atoms with van der Waals surface area (Å²) in [5.41, 5.74) is 7.58. The SMILES string of the molecule is N#Cc1c(N)sc2c(F)cnc(-c3c4c(c5cnc(OCC6(CN7CCC(F)CC7)CC6)nc5c3F)COC4)c12. The second kappa shape index (κ2) is 9.54. The highest BCUT2D eigenvalue weighted by Gasteiger charge is 2.45. The van der Waals surface area contributed by atoms with Crippen LogP contribution in [-0.2, 0) is 18.0 Å². The van der Waals surface area contributed by atoms with Gasteiger partial charge in [-0.15, -0.1) is 11.3 Å². The Hall–Kier alpha value is -3.53. The Bertz CT molecular complexity index is 1710. The van der Waals surface area contributed by atoms with Gasteiger partial charge in [0, 0.05) is 47.6 Å². The first-order valence-electron chi connectivity index (χ1n) is 13.2. The highest BCUT2D eigenvalue weighted by atomic mass is 32.1. The molecule has 206 valence electrons. The van der Waals surface area contributed by atoms with Crippen LogP contribution in [0.1, 0.15) is 42.4 Å². The molecule has 1 saturated heterocycles. The molecule has 8 nitrogen and oxygen atoms in total. The molecule has 0 spiro atoms. The molecule has 1 aliphatic carbocycles. The van der Waals surface area contributed by atoms with Gasteiger partial charge in [-0.2, -0.15) is 10.2 Å². The van der Waals surface area contributed by atoms with E-state index in [4.69, 9.17) is 15.2 Å². The molecular formula is C28H25F3N6O2S. The van der Waals surface area contributed by atoms with Crippen molar-refractivity contribution in [1.29, 1.82) is 5.26 Å². The van der Waals surface area contributed by atoms with Crippen LogP contribution in [0.3, 0.4) is 0 Å². The number of thiophene rings is 1. The number of alkyl halides is 1. The third kappa shape index (κ3) is 4.15. The summed E-state index contributed by atoms with van der Waals surface area (Å²) in [6.07, 6.45) is 4.95. The number of halogens is 3. The van der Waals surface area contributed by atoms with Crippen molar-refractivity contribution >= 4 is 37.3 Å². The van der Waals surface area contributed by atoms with Crippen molar-refractivity contribution in [2.24, 2.45) is 5.41 Å². The molecule has 12 heteroatoms. The molecule has 0 amide bonds. The molecule has 1 aromatic carbocycles. The van der Waals surface area contributed by atoms with E-state index >= 15 is 4.39 Å². The third-order valence-electron chi connectivity index (χ3n) is 8.26. The van der Waals surface area contributed by atoms with Crippen LogP contribution in [0, 0.1) is 28.4 Å². The highest BCUT2D eigenvalue weighted by Crippen LogP contribution is 2.47. The number of pyridine rings is 1. The average Bonchev–Trinajstić information content (AvgIpc) is 3.37. The van der Waals surface area contributed by atoms with Crippen LogP contribution >= 0.6 is 11.3 Å². The second-order valence-electron chi connectivity index (χ2n) is 10.9. The normalized spacial score (nSPS) is 18.8. The molecule has 7 rings (SSSR count). The zero-order valence-electron chi connectivity index (χ0n) is 21.5. The van der Waals surface area contributed by atoms with Crippen LogP contribution in [-0.4, -0.2) is 52.3 Å². The number of nitrogen functional groups attached to an aromatic ring is 1. The van der Waals surface area contributed by atoms with E-state index in [-0.39, 0.29) is 62.1 Å². The van der Waals surface area contributed by atoms with Crippen molar-refractivity contribution < 1.29 is 22.6 Å². The molecule has 2 N–H and O–H groups in total. The topological polar surface area (TPSA) is 110 Å². The van der Waals surface area contributed by atoms with Crippen molar-refractivity contribution in [1.82, 2.24) is 19.9 Å². The van der Waals surface area contributed by atoms with Crippen LogP contribution in [0.4, 0.5) is 18.2 Å². The molecule has 5 heterocycles. The second-order valence-corrected chi connectivity index (χ2v) is 12.0. The minimum absolute atomic E-state index is 0.0346. The van der Waals surface area contributed by atoms with Gasteiger partial charge in [-0.25, -0.2) is 18.2 Å². The first-order chi connectivity index (χ1) is 19.4. The number of rotatable bonds is 6. The Labute approximate surface area is 231 Å². The van der Waals surface area contributed by atoms with E-state index in [0.717, 1.165) is 50.0 Å². The summed E-state index contributed by atoms with van der Waals surface area (Å²) < 4.78 is 56.4. The fraction of sp³-hybridized carbons (Fsp3) is 0.429.